The van der Waals surface area contributed by atoms with E-state index in [1.807, 2.05) is 18.2 Å². The normalized spacial score (nSPS) is 27.6. The highest BCUT2D eigenvalue weighted by Crippen LogP contribution is 2.63. The zero-order valence-electron chi connectivity index (χ0n) is 12.8. The fourth-order valence-corrected chi connectivity index (χ4v) is 3.26. The summed E-state index contributed by atoms with van der Waals surface area (Å²) >= 11 is 0. The maximum absolute atomic E-state index is 5.34. The molecule has 0 radical (unpaired) electrons. The van der Waals surface area contributed by atoms with E-state index in [1.165, 1.54) is 31.4 Å². The van der Waals surface area contributed by atoms with Crippen LogP contribution in [0.1, 0.15) is 37.7 Å². The van der Waals surface area contributed by atoms with Crippen LogP contribution in [0.15, 0.2) is 39.2 Å². The summed E-state index contributed by atoms with van der Waals surface area (Å²) in [4.78, 5) is 14.2. The molecule has 1 aliphatic heterocycles. The lowest BCUT2D eigenvalue weighted by Crippen LogP contribution is -2.28. The van der Waals surface area contributed by atoms with Crippen molar-refractivity contribution < 1.29 is 4.74 Å². The van der Waals surface area contributed by atoms with Crippen molar-refractivity contribution >= 4 is 17.4 Å². The minimum atomic E-state index is 0.311. The van der Waals surface area contributed by atoms with Gasteiger partial charge in [-0.2, -0.15) is 0 Å². The van der Waals surface area contributed by atoms with E-state index in [9.17, 15) is 0 Å². The molecular weight excluding hydrogens is 274 g/mol. The molecule has 0 atom stereocenters. The quantitative estimate of drug-likeness (QED) is 0.610. The van der Waals surface area contributed by atoms with Gasteiger partial charge in [0.25, 0.3) is 0 Å². The number of hydrogen-bond acceptors (Lipinski definition) is 3. The number of nitrogens with zero attached hydrogens (tertiary/aromatic N) is 3. The van der Waals surface area contributed by atoms with Crippen LogP contribution in [0.3, 0.4) is 0 Å². The fourth-order valence-electron chi connectivity index (χ4n) is 3.26. The van der Waals surface area contributed by atoms with Crippen LogP contribution in [0.4, 0.5) is 0 Å². The molecule has 0 bridgehead atoms. The summed E-state index contributed by atoms with van der Waals surface area (Å²) in [5.41, 5.74) is 3.14. The average molecular weight is 293 g/mol. The number of amidine groups is 2. The van der Waals surface area contributed by atoms with E-state index in [2.05, 4.69) is 11.1 Å². The molecule has 3 fully saturated rings. The van der Waals surface area contributed by atoms with Crippen LogP contribution in [0.5, 0.6) is 5.75 Å². The Morgan fingerprint density at radius 3 is 2.59 bits per heavy atom. The molecule has 3 aliphatic carbocycles. The lowest BCUT2D eigenvalue weighted by Gasteiger charge is -2.21. The third-order valence-electron chi connectivity index (χ3n) is 5.49. The number of rotatable bonds is 2. The number of methoxy groups -OCH3 is 1. The van der Waals surface area contributed by atoms with Gasteiger partial charge < -0.3 is 4.74 Å². The molecule has 0 saturated heterocycles. The minimum Gasteiger partial charge on any atom is -0.497 e. The summed E-state index contributed by atoms with van der Waals surface area (Å²) in [6.07, 6.45) is 6.25. The molecule has 4 aliphatic rings. The van der Waals surface area contributed by atoms with E-state index in [0.29, 0.717) is 10.8 Å². The topological polar surface area (TPSA) is 46.3 Å². The predicted molar refractivity (Wildman–Crippen MR) is 87.2 cm³/mol. The third kappa shape index (κ3) is 1.86. The Morgan fingerprint density at radius 2 is 2.00 bits per heavy atom. The lowest BCUT2D eigenvalue weighted by atomic mass is 10.0. The van der Waals surface area contributed by atoms with Gasteiger partial charge in [0.05, 0.1) is 13.7 Å². The Bertz CT molecular complexity index is 751. The molecule has 1 aromatic carbocycles. The molecule has 5 rings (SSSR count). The predicted octanol–water partition coefficient (Wildman–Crippen LogP) is 3.26. The molecular formula is C18H19N3O. The molecule has 4 heteroatoms. The van der Waals surface area contributed by atoms with Crippen LogP contribution in [0.25, 0.3) is 0 Å². The summed E-state index contributed by atoms with van der Waals surface area (Å²) in [6, 6.07) is 8.03. The number of aliphatic imine (C=N–C) groups is 3. The first-order valence-electron chi connectivity index (χ1n) is 8.09. The largest absolute Gasteiger partial charge is 0.497 e. The van der Waals surface area contributed by atoms with Crippen LogP contribution in [0, 0.1) is 10.8 Å². The van der Waals surface area contributed by atoms with Crippen molar-refractivity contribution in [3.63, 3.8) is 0 Å². The Morgan fingerprint density at radius 1 is 1.18 bits per heavy atom. The van der Waals surface area contributed by atoms with Crippen molar-refractivity contribution in [3.05, 3.63) is 29.8 Å². The molecule has 22 heavy (non-hydrogen) atoms. The van der Waals surface area contributed by atoms with Crippen LogP contribution in [-0.2, 0) is 0 Å². The van der Waals surface area contributed by atoms with Crippen LogP contribution in [0.2, 0.25) is 0 Å². The first kappa shape index (κ1) is 12.6. The zero-order valence-corrected chi connectivity index (χ0v) is 12.8. The summed E-state index contributed by atoms with van der Waals surface area (Å²) in [6.45, 7) is 0.956. The minimum absolute atomic E-state index is 0.311. The lowest BCUT2D eigenvalue weighted by molar-refractivity contribution is 0.414. The van der Waals surface area contributed by atoms with Crippen molar-refractivity contribution in [2.45, 2.75) is 32.1 Å². The summed E-state index contributed by atoms with van der Waals surface area (Å²) in [5.74, 6) is 2.68. The Labute approximate surface area is 130 Å². The Hall–Kier alpha value is -1.97. The number of benzene rings is 1. The summed E-state index contributed by atoms with van der Waals surface area (Å²) < 4.78 is 5.34. The van der Waals surface area contributed by atoms with Gasteiger partial charge in [0.2, 0.25) is 0 Å². The van der Waals surface area contributed by atoms with Gasteiger partial charge in [-0.15, -0.1) is 0 Å². The molecule has 0 aromatic heterocycles. The molecule has 4 nitrogen and oxygen atoms in total. The number of ether oxygens (including phenoxy) is 1. The number of hydrogen-bond donors (Lipinski definition) is 0. The van der Waals surface area contributed by atoms with E-state index in [4.69, 9.17) is 14.7 Å². The second kappa shape index (κ2) is 4.06. The van der Waals surface area contributed by atoms with Crippen molar-refractivity contribution in [2.24, 2.45) is 25.8 Å². The second-order valence-corrected chi connectivity index (χ2v) is 7.10. The van der Waals surface area contributed by atoms with Crippen molar-refractivity contribution in [1.29, 1.82) is 0 Å². The smallest absolute Gasteiger partial charge is 0.161 e. The van der Waals surface area contributed by atoms with Crippen LogP contribution < -0.4 is 4.74 Å². The van der Waals surface area contributed by atoms with Gasteiger partial charge >= 0.3 is 0 Å². The van der Waals surface area contributed by atoms with E-state index in [1.54, 1.807) is 7.11 Å². The maximum Gasteiger partial charge on any atom is 0.161 e. The van der Waals surface area contributed by atoms with E-state index in [-0.39, 0.29) is 0 Å². The van der Waals surface area contributed by atoms with Gasteiger partial charge in [-0.25, -0.2) is 9.98 Å². The monoisotopic (exact) mass is 293 g/mol. The molecule has 1 heterocycles. The Kier molecular flexibility index (Phi) is 2.32. The standard InChI is InChI=1S/C18H19N3O/c1-22-13-4-2-3-12(9-13)15(20-14-10-17(14)5-6-17)21-16-18(7-8-18)11-19-16/h2-4,9H,5-8,10-11H2,1H3. The first-order valence-corrected chi connectivity index (χ1v) is 8.09. The SMILES string of the molecule is COc1cccc(C(=NC2=NCC23CC3)N=C2CC23CC3)c1. The molecule has 112 valence electrons. The maximum atomic E-state index is 5.34. The van der Waals surface area contributed by atoms with Crippen LogP contribution >= 0.6 is 0 Å². The first-order chi connectivity index (χ1) is 10.7. The molecule has 0 N–H and O–H groups in total. The van der Waals surface area contributed by atoms with E-state index >= 15 is 0 Å². The van der Waals surface area contributed by atoms with E-state index in [0.717, 1.165) is 35.9 Å². The summed E-state index contributed by atoms with van der Waals surface area (Å²) in [7, 11) is 1.69. The Balaban J connectivity index is 1.53. The zero-order chi connectivity index (χ0) is 14.8. The van der Waals surface area contributed by atoms with Gasteiger partial charge in [-0.1, -0.05) is 12.1 Å². The summed E-state index contributed by atoms with van der Waals surface area (Å²) in [5, 5.41) is 0. The second-order valence-electron chi connectivity index (χ2n) is 7.10. The highest BCUT2D eigenvalue weighted by molar-refractivity contribution is 6.19. The molecule has 0 unspecified atom stereocenters. The molecule has 0 amide bonds. The van der Waals surface area contributed by atoms with Crippen molar-refractivity contribution in [1.82, 2.24) is 0 Å². The highest BCUT2D eigenvalue weighted by Gasteiger charge is 2.60. The van der Waals surface area contributed by atoms with Gasteiger partial charge in [0.1, 0.15) is 11.6 Å². The van der Waals surface area contributed by atoms with Gasteiger partial charge in [-0.05, 0) is 44.2 Å². The van der Waals surface area contributed by atoms with Crippen molar-refractivity contribution in [2.75, 3.05) is 13.7 Å². The van der Waals surface area contributed by atoms with Crippen LogP contribution in [-0.4, -0.2) is 31.0 Å². The van der Waals surface area contributed by atoms with Gasteiger partial charge in [-0.3, -0.25) is 4.99 Å². The average Bonchev–Trinajstić information content (AvgIpc) is 3.42. The van der Waals surface area contributed by atoms with Gasteiger partial charge in [0.15, 0.2) is 5.84 Å². The molecule has 3 saturated carbocycles. The third-order valence-corrected chi connectivity index (χ3v) is 5.49. The van der Waals surface area contributed by atoms with Crippen molar-refractivity contribution in [3.8, 4) is 5.75 Å². The van der Waals surface area contributed by atoms with Gasteiger partial charge in [0, 0.05) is 22.1 Å². The fraction of sp³-hybridized carbons (Fsp3) is 0.500. The van der Waals surface area contributed by atoms with E-state index < -0.39 is 0 Å². The highest BCUT2D eigenvalue weighted by atomic mass is 16.5. The molecule has 2 spiro atoms. The molecule has 1 aromatic rings.